The van der Waals surface area contributed by atoms with Gasteiger partial charge in [-0.3, -0.25) is 4.98 Å². The zero-order valence-electron chi connectivity index (χ0n) is 15.1. The molecular formula is C20H18N2O6. The molecule has 0 atom stereocenters. The maximum absolute atomic E-state index is 11.1. The van der Waals surface area contributed by atoms with Crippen molar-refractivity contribution in [2.45, 2.75) is 19.8 Å². The molecule has 28 heavy (non-hydrogen) atoms. The van der Waals surface area contributed by atoms with E-state index in [4.69, 9.17) is 18.0 Å². The molecule has 0 amide bonds. The summed E-state index contributed by atoms with van der Waals surface area (Å²) in [5.74, 6) is 1.77. The van der Waals surface area contributed by atoms with E-state index in [-0.39, 0.29) is 11.6 Å². The smallest absolute Gasteiger partial charge is 0.419 e. The Morgan fingerprint density at radius 3 is 2.68 bits per heavy atom. The van der Waals surface area contributed by atoms with Gasteiger partial charge in [-0.1, -0.05) is 12.1 Å². The number of nitrogens with zero attached hydrogens (tertiary/aromatic N) is 1. The third kappa shape index (κ3) is 3.85. The van der Waals surface area contributed by atoms with Gasteiger partial charge in [-0.05, 0) is 36.8 Å². The van der Waals surface area contributed by atoms with E-state index in [9.17, 15) is 9.90 Å². The second-order valence-corrected chi connectivity index (χ2v) is 6.20. The summed E-state index contributed by atoms with van der Waals surface area (Å²) in [6, 6.07) is 10.9. The number of nitrogens with one attached hydrogen (secondary N) is 1. The van der Waals surface area contributed by atoms with Crippen LogP contribution in [0.4, 0.5) is 0 Å². The van der Waals surface area contributed by atoms with Gasteiger partial charge in [0.15, 0.2) is 11.5 Å². The summed E-state index contributed by atoms with van der Waals surface area (Å²) < 4.78 is 21.6. The molecule has 4 rings (SSSR count). The summed E-state index contributed by atoms with van der Waals surface area (Å²) in [7, 11) is 0. The Hall–Kier alpha value is -3.68. The van der Waals surface area contributed by atoms with Gasteiger partial charge in [0.2, 0.25) is 5.88 Å². The average Bonchev–Trinajstić information content (AvgIpc) is 3.39. The Morgan fingerprint density at radius 1 is 1.18 bits per heavy atom. The molecule has 0 radical (unpaired) electrons. The lowest BCUT2D eigenvalue weighted by Crippen LogP contribution is -2.02. The summed E-state index contributed by atoms with van der Waals surface area (Å²) in [5, 5.41) is 9.56. The molecule has 0 aliphatic heterocycles. The summed E-state index contributed by atoms with van der Waals surface area (Å²) in [5.41, 5.74) is 1.70. The molecule has 0 saturated carbocycles. The van der Waals surface area contributed by atoms with Crippen LogP contribution < -0.4 is 10.5 Å². The monoisotopic (exact) mass is 382 g/mol. The number of hydrogen-bond donors (Lipinski definition) is 2. The molecule has 2 N–H and O–H groups in total. The van der Waals surface area contributed by atoms with E-state index in [1.165, 1.54) is 0 Å². The molecule has 0 saturated heterocycles. The van der Waals surface area contributed by atoms with Crippen LogP contribution in [0.15, 0.2) is 60.7 Å². The number of rotatable bonds is 7. The van der Waals surface area contributed by atoms with E-state index >= 15 is 0 Å². The van der Waals surface area contributed by atoms with E-state index in [1.54, 1.807) is 18.4 Å². The lowest BCUT2D eigenvalue weighted by Gasteiger charge is -2.06. The summed E-state index contributed by atoms with van der Waals surface area (Å²) in [6.45, 7) is 2.30. The zero-order valence-corrected chi connectivity index (χ0v) is 15.1. The van der Waals surface area contributed by atoms with Crippen LogP contribution in [0.1, 0.15) is 22.8 Å². The number of ether oxygens (including phenoxy) is 1. The van der Waals surface area contributed by atoms with Crippen molar-refractivity contribution in [2.75, 3.05) is 6.61 Å². The van der Waals surface area contributed by atoms with Gasteiger partial charge in [-0.15, -0.1) is 0 Å². The van der Waals surface area contributed by atoms with Crippen molar-refractivity contribution in [3.05, 3.63) is 76.0 Å². The van der Waals surface area contributed by atoms with Crippen molar-refractivity contribution in [3.63, 3.8) is 0 Å². The maximum Gasteiger partial charge on any atom is 0.419 e. The van der Waals surface area contributed by atoms with E-state index in [2.05, 4.69) is 9.97 Å². The first-order valence-corrected chi connectivity index (χ1v) is 8.71. The molecule has 0 bridgehead atoms. The van der Waals surface area contributed by atoms with Crippen molar-refractivity contribution in [1.29, 1.82) is 0 Å². The second-order valence-electron chi connectivity index (χ2n) is 6.20. The molecule has 0 aliphatic carbocycles. The van der Waals surface area contributed by atoms with Crippen LogP contribution in [-0.2, 0) is 12.8 Å². The SMILES string of the molecule is Cc1oc(-c2ccco2)nc1CCOc1ccc(Cc2oc(=O)[nH]c2O)cc1. The predicted octanol–water partition coefficient (Wildman–Crippen LogP) is 3.44. The van der Waals surface area contributed by atoms with Gasteiger partial charge < -0.3 is 23.1 Å². The van der Waals surface area contributed by atoms with Crippen molar-refractivity contribution in [2.24, 2.45) is 0 Å². The van der Waals surface area contributed by atoms with E-state index in [0.717, 1.165) is 17.0 Å². The highest BCUT2D eigenvalue weighted by Gasteiger charge is 2.13. The molecule has 3 heterocycles. The Labute approximate surface area is 159 Å². The zero-order chi connectivity index (χ0) is 19.5. The first kappa shape index (κ1) is 17.7. The number of oxazole rings is 2. The summed E-state index contributed by atoms with van der Waals surface area (Å²) >= 11 is 0. The molecule has 8 nitrogen and oxygen atoms in total. The molecular weight excluding hydrogens is 364 g/mol. The van der Waals surface area contributed by atoms with Crippen molar-refractivity contribution in [3.8, 4) is 23.3 Å². The van der Waals surface area contributed by atoms with Crippen LogP contribution in [0, 0.1) is 6.92 Å². The lowest BCUT2D eigenvalue weighted by atomic mass is 10.1. The molecule has 0 fully saturated rings. The Bertz CT molecular complexity index is 1100. The fraction of sp³-hybridized carbons (Fsp3) is 0.200. The molecule has 4 aromatic rings. The van der Waals surface area contributed by atoms with Crippen molar-refractivity contribution in [1.82, 2.24) is 9.97 Å². The highest BCUT2D eigenvalue weighted by Crippen LogP contribution is 2.23. The van der Waals surface area contributed by atoms with Gasteiger partial charge in [0.05, 0.1) is 18.6 Å². The fourth-order valence-electron chi connectivity index (χ4n) is 2.79. The molecule has 8 heteroatoms. The van der Waals surface area contributed by atoms with E-state index < -0.39 is 5.76 Å². The maximum atomic E-state index is 11.1. The molecule has 0 aliphatic rings. The van der Waals surface area contributed by atoms with Gasteiger partial charge in [0, 0.05) is 12.8 Å². The van der Waals surface area contributed by atoms with Crippen LogP contribution >= 0.6 is 0 Å². The first-order valence-electron chi connectivity index (χ1n) is 8.71. The highest BCUT2D eigenvalue weighted by molar-refractivity contribution is 5.44. The average molecular weight is 382 g/mol. The van der Waals surface area contributed by atoms with E-state index in [0.29, 0.717) is 36.8 Å². The second kappa shape index (κ2) is 7.51. The normalized spacial score (nSPS) is 11.0. The van der Waals surface area contributed by atoms with Crippen LogP contribution in [0.5, 0.6) is 11.6 Å². The predicted molar refractivity (Wildman–Crippen MR) is 98.4 cm³/mol. The van der Waals surface area contributed by atoms with Gasteiger partial charge in [-0.2, -0.15) is 0 Å². The highest BCUT2D eigenvalue weighted by atomic mass is 16.5. The number of aromatic nitrogens is 2. The number of furan rings is 1. The molecule has 0 spiro atoms. The number of H-pyrrole nitrogens is 1. The largest absolute Gasteiger partial charge is 0.493 e. The minimum Gasteiger partial charge on any atom is -0.493 e. The van der Waals surface area contributed by atoms with Crippen LogP contribution in [0.3, 0.4) is 0 Å². The molecule has 1 aromatic carbocycles. The van der Waals surface area contributed by atoms with Crippen LogP contribution in [0.2, 0.25) is 0 Å². The standard InChI is InChI=1S/C20H18N2O6/c1-12-15(21-19(27-12)16-3-2-9-26-16)8-10-25-14-6-4-13(5-7-14)11-17-18(23)22-20(24)28-17/h2-7,9,23H,8,10-11H2,1H3,(H,22,24). The van der Waals surface area contributed by atoms with Gasteiger partial charge >= 0.3 is 5.76 Å². The molecule has 3 aromatic heterocycles. The minimum atomic E-state index is -0.675. The van der Waals surface area contributed by atoms with Crippen molar-refractivity contribution >= 4 is 0 Å². The molecule has 0 unspecified atom stereocenters. The lowest BCUT2D eigenvalue weighted by molar-refractivity contribution is 0.320. The third-order valence-corrected chi connectivity index (χ3v) is 4.22. The fourth-order valence-corrected chi connectivity index (χ4v) is 2.79. The van der Waals surface area contributed by atoms with Gasteiger partial charge in [-0.25, -0.2) is 9.78 Å². The topological polar surface area (TPSA) is 115 Å². The number of aryl methyl sites for hydroxylation is 1. The number of hydrogen-bond acceptors (Lipinski definition) is 7. The number of aromatic hydroxyl groups is 1. The minimum absolute atomic E-state index is 0.201. The van der Waals surface area contributed by atoms with E-state index in [1.807, 2.05) is 31.2 Å². The number of benzene rings is 1. The third-order valence-electron chi connectivity index (χ3n) is 4.22. The quantitative estimate of drug-likeness (QED) is 0.503. The van der Waals surface area contributed by atoms with Gasteiger partial charge in [0.1, 0.15) is 11.5 Å². The van der Waals surface area contributed by atoms with Crippen LogP contribution in [0.25, 0.3) is 11.7 Å². The summed E-state index contributed by atoms with van der Waals surface area (Å²) in [4.78, 5) is 17.7. The number of aromatic amines is 1. The van der Waals surface area contributed by atoms with Gasteiger partial charge in [0.25, 0.3) is 5.89 Å². The Morgan fingerprint density at radius 2 is 2.00 bits per heavy atom. The van der Waals surface area contributed by atoms with Crippen LogP contribution in [-0.4, -0.2) is 21.7 Å². The summed E-state index contributed by atoms with van der Waals surface area (Å²) in [6.07, 6.45) is 2.48. The molecule has 144 valence electrons. The Balaban J connectivity index is 1.33. The Kier molecular flexibility index (Phi) is 4.76. The van der Waals surface area contributed by atoms with Crippen molar-refractivity contribution < 1.29 is 23.1 Å². The first-order chi connectivity index (χ1) is 13.6.